The molecule has 1 aromatic carbocycles. The van der Waals surface area contributed by atoms with Crippen LogP contribution in [-0.4, -0.2) is 16.9 Å². The molecule has 6 nitrogen and oxygen atoms in total. The number of ether oxygens (including phenoxy) is 1. The standard InChI is InChI=1S/C9H9BrFN3O3/c1-4(9(12)13)17-8-3-6(11)5(10)2-7(8)14(15)16/h2-4H,1H3,(H3,12,13). The van der Waals surface area contributed by atoms with E-state index in [1.54, 1.807) is 0 Å². The lowest BCUT2D eigenvalue weighted by Gasteiger charge is -2.13. The lowest BCUT2D eigenvalue weighted by Crippen LogP contribution is -2.30. The Hall–Kier alpha value is -1.70. The van der Waals surface area contributed by atoms with Crippen LogP contribution in [0.3, 0.4) is 0 Å². The molecule has 1 unspecified atom stereocenters. The molecular weight excluding hydrogens is 297 g/mol. The average Bonchev–Trinajstić information content (AvgIpc) is 2.22. The molecule has 0 aromatic heterocycles. The second-order valence-electron chi connectivity index (χ2n) is 3.21. The average molecular weight is 306 g/mol. The smallest absolute Gasteiger partial charge is 0.312 e. The van der Waals surface area contributed by atoms with Crippen LogP contribution in [0, 0.1) is 21.3 Å². The number of nitrogens with two attached hydrogens (primary N) is 1. The Kier molecular flexibility index (Phi) is 4.00. The highest BCUT2D eigenvalue weighted by Gasteiger charge is 2.21. The second kappa shape index (κ2) is 5.09. The topological polar surface area (TPSA) is 102 Å². The summed E-state index contributed by atoms with van der Waals surface area (Å²) in [6, 6.07) is 1.87. The summed E-state index contributed by atoms with van der Waals surface area (Å²) in [7, 11) is 0. The minimum Gasteiger partial charge on any atom is -0.476 e. The van der Waals surface area contributed by atoms with Crippen molar-refractivity contribution < 1.29 is 14.1 Å². The first-order valence-corrected chi connectivity index (χ1v) is 5.26. The van der Waals surface area contributed by atoms with Gasteiger partial charge in [0, 0.05) is 12.1 Å². The molecule has 8 heteroatoms. The Morgan fingerprint density at radius 3 is 2.76 bits per heavy atom. The molecule has 0 saturated carbocycles. The lowest BCUT2D eigenvalue weighted by molar-refractivity contribution is -0.386. The minimum absolute atomic E-state index is 0.0352. The fourth-order valence-electron chi connectivity index (χ4n) is 1.01. The van der Waals surface area contributed by atoms with Gasteiger partial charge in [-0.3, -0.25) is 15.5 Å². The molecule has 0 aliphatic heterocycles. The molecule has 1 rings (SSSR count). The van der Waals surface area contributed by atoms with Crippen molar-refractivity contribution in [3.05, 3.63) is 32.5 Å². The van der Waals surface area contributed by atoms with Gasteiger partial charge in [-0.2, -0.15) is 0 Å². The summed E-state index contributed by atoms with van der Waals surface area (Å²) in [5.74, 6) is -1.26. The van der Waals surface area contributed by atoms with Crippen molar-refractivity contribution in [3.63, 3.8) is 0 Å². The normalized spacial score (nSPS) is 11.9. The largest absolute Gasteiger partial charge is 0.476 e. The van der Waals surface area contributed by atoms with Gasteiger partial charge in [0.05, 0.1) is 9.40 Å². The number of nitrogens with zero attached hydrogens (tertiary/aromatic N) is 1. The van der Waals surface area contributed by atoms with Crippen LogP contribution < -0.4 is 10.5 Å². The number of hydrogen-bond donors (Lipinski definition) is 2. The van der Waals surface area contributed by atoms with Gasteiger partial charge in [0.1, 0.15) is 11.7 Å². The van der Waals surface area contributed by atoms with Crippen molar-refractivity contribution in [3.8, 4) is 5.75 Å². The number of hydrogen-bond acceptors (Lipinski definition) is 4. The van der Waals surface area contributed by atoms with Gasteiger partial charge in [-0.25, -0.2) is 4.39 Å². The number of nitro groups is 1. The Balaban J connectivity index is 3.17. The number of amidine groups is 1. The molecule has 92 valence electrons. The zero-order valence-electron chi connectivity index (χ0n) is 8.74. The fraction of sp³-hybridized carbons (Fsp3) is 0.222. The van der Waals surface area contributed by atoms with Crippen molar-refractivity contribution >= 4 is 27.5 Å². The highest BCUT2D eigenvalue weighted by Crippen LogP contribution is 2.33. The lowest BCUT2D eigenvalue weighted by atomic mass is 10.2. The van der Waals surface area contributed by atoms with Gasteiger partial charge in [0.15, 0.2) is 6.10 Å². The van der Waals surface area contributed by atoms with E-state index in [4.69, 9.17) is 15.9 Å². The van der Waals surface area contributed by atoms with E-state index in [0.717, 1.165) is 12.1 Å². The first-order valence-electron chi connectivity index (χ1n) is 4.47. The number of nitro benzene ring substituents is 1. The fourth-order valence-corrected chi connectivity index (χ4v) is 1.34. The Morgan fingerprint density at radius 2 is 2.29 bits per heavy atom. The molecule has 0 fully saturated rings. The summed E-state index contributed by atoms with van der Waals surface area (Å²) in [6.45, 7) is 1.44. The highest BCUT2D eigenvalue weighted by molar-refractivity contribution is 9.10. The summed E-state index contributed by atoms with van der Waals surface area (Å²) >= 11 is 2.84. The van der Waals surface area contributed by atoms with Gasteiger partial charge in [-0.05, 0) is 22.9 Å². The van der Waals surface area contributed by atoms with Crippen LogP contribution in [0.5, 0.6) is 5.75 Å². The Morgan fingerprint density at radius 1 is 1.71 bits per heavy atom. The van der Waals surface area contributed by atoms with Crippen molar-refractivity contribution in [2.75, 3.05) is 0 Å². The molecule has 0 spiro atoms. The Labute approximate surface area is 104 Å². The van der Waals surface area contributed by atoms with E-state index in [-0.39, 0.29) is 16.1 Å². The molecule has 3 N–H and O–H groups in total. The highest BCUT2D eigenvalue weighted by atomic mass is 79.9. The van der Waals surface area contributed by atoms with E-state index >= 15 is 0 Å². The number of nitrogens with one attached hydrogen (secondary N) is 1. The Bertz CT molecular complexity index is 481. The maximum atomic E-state index is 13.2. The van der Waals surface area contributed by atoms with E-state index in [1.165, 1.54) is 6.92 Å². The molecule has 1 aromatic rings. The minimum atomic E-state index is -0.866. The molecular formula is C9H9BrFN3O3. The van der Waals surface area contributed by atoms with Crippen molar-refractivity contribution in [1.29, 1.82) is 5.41 Å². The SMILES string of the molecule is CC(Oc1cc(F)c(Br)cc1[N+](=O)[O-])C(=N)N. The van der Waals surface area contributed by atoms with E-state index in [2.05, 4.69) is 15.9 Å². The molecule has 0 heterocycles. The van der Waals surface area contributed by atoms with Gasteiger partial charge in [0.25, 0.3) is 0 Å². The second-order valence-corrected chi connectivity index (χ2v) is 4.06. The van der Waals surface area contributed by atoms with Gasteiger partial charge >= 0.3 is 5.69 Å². The van der Waals surface area contributed by atoms with E-state index < -0.39 is 22.5 Å². The third-order valence-electron chi connectivity index (χ3n) is 1.94. The summed E-state index contributed by atoms with van der Waals surface area (Å²) in [5.41, 5.74) is 4.77. The summed E-state index contributed by atoms with van der Waals surface area (Å²) in [4.78, 5) is 10.0. The third-order valence-corrected chi connectivity index (χ3v) is 2.55. The monoisotopic (exact) mass is 305 g/mol. The summed E-state index contributed by atoms with van der Waals surface area (Å²) in [5, 5.41) is 17.8. The zero-order valence-corrected chi connectivity index (χ0v) is 10.3. The molecule has 1 atom stereocenters. The number of benzene rings is 1. The van der Waals surface area contributed by atoms with E-state index in [1.807, 2.05) is 0 Å². The quantitative estimate of drug-likeness (QED) is 0.385. The van der Waals surface area contributed by atoms with Gasteiger partial charge in [-0.15, -0.1) is 0 Å². The van der Waals surface area contributed by atoms with Crippen molar-refractivity contribution in [2.45, 2.75) is 13.0 Å². The van der Waals surface area contributed by atoms with Crippen LogP contribution in [-0.2, 0) is 0 Å². The summed E-state index contributed by atoms with van der Waals surface area (Å²) in [6.07, 6.45) is -0.866. The number of halogens is 2. The zero-order chi connectivity index (χ0) is 13.2. The van der Waals surface area contributed by atoms with Crippen LogP contribution >= 0.6 is 15.9 Å². The van der Waals surface area contributed by atoms with Crippen molar-refractivity contribution in [1.82, 2.24) is 0 Å². The van der Waals surface area contributed by atoms with Crippen LogP contribution in [0.1, 0.15) is 6.92 Å². The van der Waals surface area contributed by atoms with Crippen molar-refractivity contribution in [2.24, 2.45) is 5.73 Å². The molecule has 17 heavy (non-hydrogen) atoms. The van der Waals surface area contributed by atoms with Crippen LogP contribution in [0.25, 0.3) is 0 Å². The predicted octanol–water partition coefficient (Wildman–Crippen LogP) is 2.20. The molecule has 0 amide bonds. The van der Waals surface area contributed by atoms with E-state index in [0.29, 0.717) is 0 Å². The van der Waals surface area contributed by atoms with Gasteiger partial charge < -0.3 is 10.5 Å². The summed E-state index contributed by atoms with van der Waals surface area (Å²) < 4.78 is 18.3. The van der Waals surface area contributed by atoms with Gasteiger partial charge in [0.2, 0.25) is 5.75 Å². The molecule has 0 aliphatic carbocycles. The van der Waals surface area contributed by atoms with Crippen LogP contribution in [0.2, 0.25) is 0 Å². The van der Waals surface area contributed by atoms with Crippen LogP contribution in [0.15, 0.2) is 16.6 Å². The first kappa shape index (κ1) is 13.4. The maximum absolute atomic E-state index is 13.2. The van der Waals surface area contributed by atoms with E-state index in [9.17, 15) is 14.5 Å². The molecule has 0 aliphatic rings. The third kappa shape index (κ3) is 3.13. The first-order chi connectivity index (χ1) is 7.82. The van der Waals surface area contributed by atoms with Gasteiger partial charge in [-0.1, -0.05) is 0 Å². The predicted molar refractivity (Wildman–Crippen MR) is 62.8 cm³/mol. The van der Waals surface area contributed by atoms with Crippen LogP contribution in [0.4, 0.5) is 10.1 Å². The maximum Gasteiger partial charge on any atom is 0.312 e. The molecule has 0 bridgehead atoms. The molecule has 0 radical (unpaired) electrons. The number of rotatable bonds is 4. The molecule has 0 saturated heterocycles.